The molecular weight excluding hydrogens is 400 g/mol. The summed E-state index contributed by atoms with van der Waals surface area (Å²) in [6, 6.07) is 18.6. The van der Waals surface area contributed by atoms with Crippen molar-refractivity contribution in [3.05, 3.63) is 92.9 Å². The van der Waals surface area contributed by atoms with E-state index in [0.717, 1.165) is 16.8 Å². The summed E-state index contributed by atoms with van der Waals surface area (Å²) in [6.07, 6.45) is 0. The van der Waals surface area contributed by atoms with Crippen molar-refractivity contribution in [2.75, 3.05) is 31.1 Å². The van der Waals surface area contributed by atoms with Crippen LogP contribution in [-0.2, 0) is 6.54 Å². The summed E-state index contributed by atoms with van der Waals surface area (Å²) in [5, 5.41) is 5.04. The van der Waals surface area contributed by atoms with Gasteiger partial charge in [-0.1, -0.05) is 53.6 Å². The van der Waals surface area contributed by atoms with Gasteiger partial charge in [0.05, 0.1) is 17.3 Å². The van der Waals surface area contributed by atoms with E-state index in [-0.39, 0.29) is 17.2 Å². The summed E-state index contributed by atoms with van der Waals surface area (Å²) in [6.45, 7) is 4.88. The number of carbonyl (C=O) groups is 1. The van der Waals surface area contributed by atoms with Crippen LogP contribution in [0.25, 0.3) is 0 Å². The van der Waals surface area contributed by atoms with Gasteiger partial charge in [-0.05, 0) is 30.7 Å². The number of benzene rings is 2. The van der Waals surface area contributed by atoms with Crippen LogP contribution in [0.15, 0.2) is 65.5 Å². The van der Waals surface area contributed by atoms with E-state index in [0.29, 0.717) is 37.7 Å². The van der Waals surface area contributed by atoms with Gasteiger partial charge in [-0.25, -0.2) is 4.68 Å². The van der Waals surface area contributed by atoms with Crippen LogP contribution in [0.4, 0.5) is 5.69 Å². The Morgan fingerprint density at radius 2 is 1.67 bits per heavy atom. The molecule has 0 N–H and O–H groups in total. The van der Waals surface area contributed by atoms with Crippen molar-refractivity contribution in [2.24, 2.45) is 0 Å². The van der Waals surface area contributed by atoms with Gasteiger partial charge in [0.15, 0.2) is 0 Å². The van der Waals surface area contributed by atoms with Gasteiger partial charge in [-0.3, -0.25) is 9.59 Å². The summed E-state index contributed by atoms with van der Waals surface area (Å²) < 4.78 is 1.35. The molecule has 4 rings (SSSR count). The van der Waals surface area contributed by atoms with E-state index in [1.165, 1.54) is 16.8 Å². The number of para-hydroxylation sites is 1. The van der Waals surface area contributed by atoms with Crippen molar-refractivity contribution in [1.29, 1.82) is 0 Å². The lowest BCUT2D eigenvalue weighted by Crippen LogP contribution is -2.49. The highest BCUT2D eigenvalue weighted by Crippen LogP contribution is 2.26. The van der Waals surface area contributed by atoms with Crippen molar-refractivity contribution < 1.29 is 4.79 Å². The third-order valence-electron chi connectivity index (χ3n) is 5.30. The normalized spacial score (nSPS) is 14.1. The number of aryl methyl sites for hydroxylation is 1. The predicted molar refractivity (Wildman–Crippen MR) is 118 cm³/mol. The molecule has 2 aromatic carbocycles. The lowest BCUT2D eigenvalue weighted by molar-refractivity contribution is 0.0738. The molecule has 30 heavy (non-hydrogen) atoms. The maximum Gasteiger partial charge on any atom is 0.274 e. The zero-order valence-corrected chi connectivity index (χ0v) is 17.5. The third kappa shape index (κ3) is 4.39. The number of halogens is 1. The summed E-state index contributed by atoms with van der Waals surface area (Å²) in [4.78, 5) is 29.2. The SMILES string of the molecule is Cc1ccc(Cn2nc(C(=O)N3CCN(c4ccccc4Cl)CC3)ccc2=O)cc1. The van der Waals surface area contributed by atoms with E-state index in [1.54, 1.807) is 4.90 Å². The average Bonchev–Trinajstić information content (AvgIpc) is 2.77. The van der Waals surface area contributed by atoms with Crippen molar-refractivity contribution in [3.63, 3.8) is 0 Å². The van der Waals surface area contributed by atoms with Crippen molar-refractivity contribution in [1.82, 2.24) is 14.7 Å². The Labute approximate surface area is 180 Å². The van der Waals surface area contributed by atoms with Gasteiger partial charge < -0.3 is 9.80 Å². The first-order valence-corrected chi connectivity index (χ1v) is 10.3. The van der Waals surface area contributed by atoms with E-state index in [1.807, 2.05) is 55.5 Å². The fourth-order valence-electron chi connectivity index (χ4n) is 3.56. The predicted octanol–water partition coefficient (Wildman–Crippen LogP) is 3.22. The first-order chi connectivity index (χ1) is 14.5. The van der Waals surface area contributed by atoms with E-state index in [2.05, 4.69) is 10.00 Å². The van der Waals surface area contributed by atoms with Gasteiger partial charge >= 0.3 is 0 Å². The fourth-order valence-corrected chi connectivity index (χ4v) is 3.82. The first kappa shape index (κ1) is 20.2. The first-order valence-electron chi connectivity index (χ1n) is 9.94. The minimum Gasteiger partial charge on any atom is -0.367 e. The fraction of sp³-hybridized carbons (Fsp3) is 0.261. The molecule has 1 aliphatic rings. The lowest BCUT2D eigenvalue weighted by Gasteiger charge is -2.36. The minimum atomic E-state index is -0.226. The molecule has 1 aliphatic heterocycles. The lowest BCUT2D eigenvalue weighted by atomic mass is 10.1. The molecular formula is C23H23ClN4O2. The van der Waals surface area contributed by atoms with Crippen LogP contribution in [0.2, 0.25) is 5.02 Å². The second-order valence-corrected chi connectivity index (χ2v) is 7.84. The van der Waals surface area contributed by atoms with Gasteiger partial charge in [0.25, 0.3) is 11.5 Å². The molecule has 1 aromatic heterocycles. The van der Waals surface area contributed by atoms with Gasteiger partial charge in [0.1, 0.15) is 5.69 Å². The number of piperazine rings is 1. The van der Waals surface area contributed by atoms with E-state index >= 15 is 0 Å². The number of hydrogen-bond donors (Lipinski definition) is 0. The van der Waals surface area contributed by atoms with Crippen molar-refractivity contribution in [3.8, 4) is 0 Å². The Bertz CT molecular complexity index is 1100. The quantitative estimate of drug-likeness (QED) is 0.647. The summed E-state index contributed by atoms with van der Waals surface area (Å²) in [5.41, 5.74) is 3.16. The molecule has 7 heteroatoms. The second-order valence-electron chi connectivity index (χ2n) is 7.43. The van der Waals surface area contributed by atoms with Crippen LogP contribution >= 0.6 is 11.6 Å². The molecule has 1 saturated heterocycles. The number of nitrogens with zero attached hydrogens (tertiary/aromatic N) is 4. The molecule has 0 aliphatic carbocycles. The van der Waals surface area contributed by atoms with E-state index < -0.39 is 0 Å². The van der Waals surface area contributed by atoms with E-state index in [4.69, 9.17) is 11.6 Å². The standard InChI is InChI=1S/C23H23ClN4O2/c1-17-6-8-18(9-7-17)16-28-22(29)11-10-20(25-28)23(30)27-14-12-26(13-15-27)21-5-3-2-4-19(21)24/h2-11H,12-16H2,1H3. The number of aromatic nitrogens is 2. The highest BCUT2D eigenvalue weighted by molar-refractivity contribution is 6.33. The molecule has 1 amide bonds. The molecule has 0 unspecified atom stereocenters. The Morgan fingerprint density at radius 3 is 2.37 bits per heavy atom. The maximum atomic E-state index is 13.0. The van der Waals surface area contributed by atoms with E-state index in [9.17, 15) is 9.59 Å². The number of hydrogen-bond acceptors (Lipinski definition) is 4. The third-order valence-corrected chi connectivity index (χ3v) is 5.62. The molecule has 3 aromatic rings. The van der Waals surface area contributed by atoms with Gasteiger partial charge in [0.2, 0.25) is 0 Å². The zero-order valence-electron chi connectivity index (χ0n) is 16.8. The van der Waals surface area contributed by atoms with Gasteiger partial charge in [-0.2, -0.15) is 5.10 Å². The Balaban J connectivity index is 1.45. The number of carbonyl (C=O) groups excluding carboxylic acids is 1. The Kier molecular flexibility index (Phi) is 5.86. The topological polar surface area (TPSA) is 58.4 Å². The summed E-state index contributed by atoms with van der Waals surface area (Å²) in [5.74, 6) is -0.161. The van der Waals surface area contributed by atoms with Crippen molar-refractivity contribution in [2.45, 2.75) is 13.5 Å². The second kappa shape index (κ2) is 8.71. The molecule has 0 saturated carbocycles. The van der Waals surface area contributed by atoms with Crippen LogP contribution in [0, 0.1) is 6.92 Å². The minimum absolute atomic E-state index is 0.161. The molecule has 154 valence electrons. The highest BCUT2D eigenvalue weighted by Gasteiger charge is 2.24. The Morgan fingerprint density at radius 1 is 0.967 bits per heavy atom. The highest BCUT2D eigenvalue weighted by atomic mass is 35.5. The maximum absolute atomic E-state index is 13.0. The molecule has 0 spiro atoms. The summed E-state index contributed by atoms with van der Waals surface area (Å²) in [7, 11) is 0. The van der Waals surface area contributed by atoms with Crippen LogP contribution < -0.4 is 10.5 Å². The molecule has 1 fully saturated rings. The van der Waals surface area contributed by atoms with Gasteiger partial charge in [-0.15, -0.1) is 0 Å². The molecule has 0 atom stereocenters. The molecule has 0 bridgehead atoms. The average molecular weight is 423 g/mol. The van der Waals surface area contributed by atoms with Crippen molar-refractivity contribution >= 4 is 23.2 Å². The number of anilines is 1. The zero-order chi connectivity index (χ0) is 21.1. The van der Waals surface area contributed by atoms with Crippen LogP contribution in [-0.4, -0.2) is 46.8 Å². The molecule has 2 heterocycles. The van der Waals surface area contributed by atoms with Crippen LogP contribution in [0.3, 0.4) is 0 Å². The number of rotatable bonds is 4. The number of amides is 1. The largest absolute Gasteiger partial charge is 0.367 e. The smallest absolute Gasteiger partial charge is 0.274 e. The molecule has 0 radical (unpaired) electrons. The van der Waals surface area contributed by atoms with Crippen LogP contribution in [0.1, 0.15) is 21.6 Å². The van der Waals surface area contributed by atoms with Crippen LogP contribution in [0.5, 0.6) is 0 Å². The summed E-state index contributed by atoms with van der Waals surface area (Å²) >= 11 is 6.30. The molecule has 6 nitrogen and oxygen atoms in total. The monoisotopic (exact) mass is 422 g/mol. The Hall–Kier alpha value is -3.12. The van der Waals surface area contributed by atoms with Gasteiger partial charge in [0, 0.05) is 32.2 Å².